The summed E-state index contributed by atoms with van der Waals surface area (Å²) in [7, 11) is 0. The number of nitrogens with zero attached hydrogens (tertiary/aromatic N) is 1. The molecule has 1 atom stereocenters. The summed E-state index contributed by atoms with van der Waals surface area (Å²) >= 11 is 0. The second kappa shape index (κ2) is 10.7. The quantitative estimate of drug-likeness (QED) is 0.412. The summed E-state index contributed by atoms with van der Waals surface area (Å²) in [6, 6.07) is 17.7. The first-order chi connectivity index (χ1) is 12.8. The van der Waals surface area contributed by atoms with Crippen molar-refractivity contribution >= 4 is 23.2 Å². The van der Waals surface area contributed by atoms with Gasteiger partial charge in [0.25, 0.3) is 0 Å². The smallest absolute Gasteiger partial charge is 0.0504 e. The van der Waals surface area contributed by atoms with Crippen LogP contribution in [0.4, 0.5) is 0 Å². The Balaban J connectivity index is 0.00000261. The molecule has 1 N–H and O–H groups in total. The number of benzene rings is 2. The summed E-state index contributed by atoms with van der Waals surface area (Å²) < 4.78 is 0. The summed E-state index contributed by atoms with van der Waals surface area (Å²) in [5.41, 5.74) is 3.55. The Morgan fingerprint density at radius 3 is 2.63 bits per heavy atom. The lowest BCUT2D eigenvalue weighted by Crippen LogP contribution is -2.25. The van der Waals surface area contributed by atoms with E-state index in [0.29, 0.717) is 6.04 Å². The highest BCUT2D eigenvalue weighted by molar-refractivity contribution is 5.87. The topological polar surface area (TPSA) is 24.9 Å². The van der Waals surface area contributed by atoms with Gasteiger partial charge in [-0.3, -0.25) is 4.98 Å². The number of hydrogen-bond acceptors (Lipinski definition) is 2. The second-order valence-corrected chi connectivity index (χ2v) is 6.90. The minimum Gasteiger partial charge on any atom is -0.310 e. The van der Waals surface area contributed by atoms with Crippen molar-refractivity contribution in [3.05, 3.63) is 77.6 Å². The van der Waals surface area contributed by atoms with Crippen LogP contribution < -0.4 is 5.32 Å². The zero-order chi connectivity index (χ0) is 18.2. The third-order valence-electron chi connectivity index (χ3n) is 4.83. The molecule has 2 aromatic carbocycles. The van der Waals surface area contributed by atoms with E-state index in [0.717, 1.165) is 22.9 Å². The normalized spacial score (nSPS) is 11.6. The van der Waals surface area contributed by atoms with Crippen LogP contribution in [0, 0.1) is 12.3 Å². The van der Waals surface area contributed by atoms with Gasteiger partial charge in [-0.05, 0) is 43.4 Å². The van der Waals surface area contributed by atoms with Crippen LogP contribution in [0.2, 0.25) is 0 Å². The third-order valence-corrected chi connectivity index (χ3v) is 4.83. The molecular weight excluding hydrogens is 352 g/mol. The Labute approximate surface area is 168 Å². The fraction of sp³-hybridized carbons (Fsp3) is 0.292. The van der Waals surface area contributed by atoms with Crippen LogP contribution in [0.25, 0.3) is 10.8 Å². The van der Waals surface area contributed by atoms with E-state index in [4.69, 9.17) is 6.42 Å². The van der Waals surface area contributed by atoms with E-state index in [1.165, 1.54) is 36.8 Å². The van der Waals surface area contributed by atoms with E-state index in [2.05, 4.69) is 71.7 Å². The molecule has 27 heavy (non-hydrogen) atoms. The van der Waals surface area contributed by atoms with Gasteiger partial charge in [0.1, 0.15) is 0 Å². The number of rotatable bonds is 8. The minimum absolute atomic E-state index is 0. The Morgan fingerprint density at radius 2 is 1.85 bits per heavy atom. The van der Waals surface area contributed by atoms with Gasteiger partial charge in [-0.25, -0.2) is 0 Å². The zero-order valence-electron chi connectivity index (χ0n) is 15.8. The number of fused-ring (bicyclic) bond motifs is 1. The van der Waals surface area contributed by atoms with Crippen molar-refractivity contribution in [3.8, 4) is 12.3 Å². The highest BCUT2D eigenvalue weighted by Gasteiger charge is 2.04. The molecule has 0 aliphatic heterocycles. The molecule has 0 aliphatic carbocycles. The molecule has 1 heterocycles. The van der Waals surface area contributed by atoms with Crippen LogP contribution in [0.3, 0.4) is 0 Å². The lowest BCUT2D eigenvalue weighted by atomic mass is 10.0. The first-order valence-corrected chi connectivity index (χ1v) is 9.37. The molecular formula is C24H27ClN2. The van der Waals surface area contributed by atoms with Gasteiger partial charge in [-0.1, -0.05) is 54.8 Å². The highest BCUT2D eigenvalue weighted by atomic mass is 35.5. The molecule has 2 nitrogen and oxygen atoms in total. The predicted molar refractivity (Wildman–Crippen MR) is 117 cm³/mol. The first kappa shape index (κ1) is 21.0. The average molecular weight is 379 g/mol. The Kier molecular flexibility index (Phi) is 8.33. The number of pyridine rings is 1. The molecule has 3 rings (SSSR count). The molecule has 0 aliphatic rings. The third kappa shape index (κ3) is 6.10. The molecule has 0 amide bonds. The number of aryl methyl sites for hydroxylation is 1. The number of nitrogens with one attached hydrogen (secondary N) is 1. The van der Waals surface area contributed by atoms with Gasteiger partial charge in [0.15, 0.2) is 0 Å². The van der Waals surface area contributed by atoms with Gasteiger partial charge in [-0.2, -0.15) is 0 Å². The Morgan fingerprint density at radius 1 is 1.04 bits per heavy atom. The molecule has 140 valence electrons. The van der Waals surface area contributed by atoms with Crippen molar-refractivity contribution in [2.45, 2.75) is 45.2 Å². The molecule has 0 saturated heterocycles. The predicted octanol–water partition coefficient (Wildman–Crippen LogP) is 5.53. The molecule has 0 unspecified atom stereocenters. The summed E-state index contributed by atoms with van der Waals surface area (Å²) in [5, 5.41) is 5.84. The Bertz CT molecular complexity index is 884. The lowest BCUT2D eigenvalue weighted by molar-refractivity contribution is 0.489. The minimum atomic E-state index is 0. The van der Waals surface area contributed by atoms with Gasteiger partial charge in [-0.15, -0.1) is 18.8 Å². The standard InChI is InChI=1S/C24H26N2.ClH/c1-3-22-17-25-18-23-14-13-21(15-24(22)23)16-26-19(2)9-7-8-12-20-10-5-4-6-11-20;/h1,4-6,10-11,13-15,17-19,26H,7-9,12,16H2,2H3;1H/t19-;/m1./s1. The van der Waals surface area contributed by atoms with Crippen molar-refractivity contribution in [3.63, 3.8) is 0 Å². The molecule has 0 saturated carbocycles. The maximum absolute atomic E-state index is 5.59. The second-order valence-electron chi connectivity index (χ2n) is 6.90. The Hall–Kier alpha value is -2.34. The highest BCUT2D eigenvalue weighted by Crippen LogP contribution is 2.19. The molecule has 3 heteroatoms. The van der Waals surface area contributed by atoms with Crippen molar-refractivity contribution in [1.29, 1.82) is 0 Å². The van der Waals surface area contributed by atoms with Crippen molar-refractivity contribution < 1.29 is 0 Å². The number of terminal acetylenes is 1. The summed E-state index contributed by atoms with van der Waals surface area (Å²) in [4.78, 5) is 4.19. The van der Waals surface area contributed by atoms with E-state index in [-0.39, 0.29) is 12.4 Å². The fourth-order valence-electron chi connectivity index (χ4n) is 3.25. The van der Waals surface area contributed by atoms with E-state index >= 15 is 0 Å². The summed E-state index contributed by atoms with van der Waals surface area (Å²) in [6.07, 6.45) is 14.1. The van der Waals surface area contributed by atoms with Gasteiger partial charge in [0.05, 0.1) is 5.56 Å². The van der Waals surface area contributed by atoms with E-state index in [1.54, 1.807) is 6.20 Å². The maximum Gasteiger partial charge on any atom is 0.0504 e. The molecule has 0 spiro atoms. The molecule has 0 fully saturated rings. The molecule has 0 radical (unpaired) electrons. The van der Waals surface area contributed by atoms with E-state index < -0.39 is 0 Å². The van der Waals surface area contributed by atoms with E-state index in [9.17, 15) is 0 Å². The SMILES string of the molecule is C#Cc1cncc2ccc(CN[C@H](C)CCCCc3ccccc3)cc12.Cl. The van der Waals surface area contributed by atoms with Crippen molar-refractivity contribution in [2.75, 3.05) is 0 Å². The summed E-state index contributed by atoms with van der Waals surface area (Å²) in [5.74, 6) is 2.73. The van der Waals surface area contributed by atoms with Crippen LogP contribution in [0.1, 0.15) is 42.9 Å². The average Bonchev–Trinajstić information content (AvgIpc) is 2.70. The van der Waals surface area contributed by atoms with Gasteiger partial charge >= 0.3 is 0 Å². The van der Waals surface area contributed by atoms with Crippen LogP contribution in [-0.4, -0.2) is 11.0 Å². The molecule has 1 aromatic heterocycles. The van der Waals surface area contributed by atoms with Crippen LogP contribution >= 0.6 is 12.4 Å². The lowest BCUT2D eigenvalue weighted by Gasteiger charge is -2.14. The van der Waals surface area contributed by atoms with Crippen molar-refractivity contribution in [2.24, 2.45) is 0 Å². The maximum atomic E-state index is 5.59. The molecule has 3 aromatic rings. The van der Waals surface area contributed by atoms with Crippen LogP contribution in [0.15, 0.2) is 60.9 Å². The number of halogens is 1. The number of aromatic nitrogens is 1. The fourth-order valence-corrected chi connectivity index (χ4v) is 3.25. The first-order valence-electron chi connectivity index (χ1n) is 9.37. The van der Waals surface area contributed by atoms with Gasteiger partial charge < -0.3 is 5.32 Å². The van der Waals surface area contributed by atoms with Crippen LogP contribution in [0.5, 0.6) is 0 Å². The number of unbranched alkanes of at least 4 members (excludes halogenated alkanes) is 1. The zero-order valence-corrected chi connectivity index (χ0v) is 16.6. The monoisotopic (exact) mass is 378 g/mol. The largest absolute Gasteiger partial charge is 0.310 e. The van der Waals surface area contributed by atoms with Gasteiger partial charge in [0, 0.05) is 35.8 Å². The van der Waals surface area contributed by atoms with Crippen molar-refractivity contribution in [1.82, 2.24) is 10.3 Å². The molecule has 0 bridgehead atoms. The van der Waals surface area contributed by atoms with Crippen LogP contribution in [-0.2, 0) is 13.0 Å². The van der Waals surface area contributed by atoms with E-state index in [1.807, 2.05) is 6.20 Å². The van der Waals surface area contributed by atoms with Gasteiger partial charge in [0.2, 0.25) is 0 Å². The number of hydrogen-bond donors (Lipinski definition) is 1. The summed E-state index contributed by atoms with van der Waals surface area (Å²) in [6.45, 7) is 3.13.